The van der Waals surface area contributed by atoms with E-state index in [9.17, 15) is 4.79 Å². The summed E-state index contributed by atoms with van der Waals surface area (Å²) in [4.78, 5) is 12.0. The molecule has 0 atom stereocenters. The van der Waals surface area contributed by atoms with Gasteiger partial charge in [0.15, 0.2) is 0 Å². The molecular weight excluding hydrogens is 283 g/mol. The van der Waals surface area contributed by atoms with Crippen LogP contribution < -0.4 is 5.46 Å². The lowest BCUT2D eigenvalue weighted by Gasteiger charge is -2.32. The Morgan fingerprint density at radius 2 is 1.91 bits per heavy atom. The minimum absolute atomic E-state index is 0.403. The largest absolute Gasteiger partial charge is 0.498 e. The molecule has 2 rings (SSSR count). The summed E-state index contributed by atoms with van der Waals surface area (Å²) in [6, 6.07) is 0. The minimum atomic E-state index is -0.526. The first kappa shape index (κ1) is 17.0. The van der Waals surface area contributed by atoms with Gasteiger partial charge in [0.05, 0.1) is 23.5 Å². The average Bonchev–Trinajstić information content (AvgIpc) is 2.88. The van der Waals surface area contributed by atoms with Crippen LogP contribution in [0, 0.1) is 6.92 Å². The van der Waals surface area contributed by atoms with E-state index in [4.69, 9.17) is 14.0 Å². The van der Waals surface area contributed by atoms with Crippen molar-refractivity contribution in [3.05, 3.63) is 11.9 Å². The van der Waals surface area contributed by atoms with Crippen molar-refractivity contribution in [3.8, 4) is 0 Å². The summed E-state index contributed by atoms with van der Waals surface area (Å²) in [5.41, 5.74) is 0.610. The monoisotopic (exact) mass is 308 g/mol. The molecule has 0 amide bonds. The van der Waals surface area contributed by atoms with E-state index in [0.717, 1.165) is 18.3 Å². The average molecular weight is 308 g/mol. The Morgan fingerprint density at radius 3 is 2.45 bits per heavy atom. The van der Waals surface area contributed by atoms with Crippen molar-refractivity contribution in [2.45, 2.75) is 65.6 Å². The van der Waals surface area contributed by atoms with Crippen molar-refractivity contribution in [2.75, 3.05) is 6.61 Å². The molecule has 0 radical (unpaired) electrons. The van der Waals surface area contributed by atoms with Crippen LogP contribution in [0.5, 0.6) is 0 Å². The molecule has 122 valence electrons. The van der Waals surface area contributed by atoms with Crippen LogP contribution in [0.25, 0.3) is 0 Å². The Kier molecular flexibility index (Phi) is 4.68. The van der Waals surface area contributed by atoms with Gasteiger partial charge in [0.25, 0.3) is 0 Å². The van der Waals surface area contributed by atoms with Gasteiger partial charge >= 0.3 is 13.2 Å². The molecule has 1 aromatic rings. The zero-order valence-corrected chi connectivity index (χ0v) is 14.3. The third-order valence-electron chi connectivity index (χ3n) is 4.35. The number of carbonyl (C=O) groups is 1. The van der Waals surface area contributed by atoms with E-state index in [-0.39, 0.29) is 0 Å². The fraction of sp³-hybridized carbons (Fsp3) is 0.733. The van der Waals surface area contributed by atoms with E-state index in [1.54, 1.807) is 6.20 Å². The van der Waals surface area contributed by atoms with Crippen LogP contribution in [0.4, 0.5) is 4.79 Å². The van der Waals surface area contributed by atoms with Gasteiger partial charge in [-0.3, -0.25) is 0 Å². The molecule has 1 saturated heterocycles. The quantitative estimate of drug-likeness (QED) is 0.631. The molecule has 6 nitrogen and oxygen atoms in total. The summed E-state index contributed by atoms with van der Waals surface area (Å²) < 4.78 is 18.4. The molecule has 1 aliphatic heterocycles. The van der Waals surface area contributed by atoms with Crippen LogP contribution in [-0.4, -0.2) is 40.8 Å². The van der Waals surface area contributed by atoms with Gasteiger partial charge in [-0.2, -0.15) is 9.78 Å². The van der Waals surface area contributed by atoms with E-state index in [2.05, 4.69) is 5.10 Å². The fourth-order valence-electron chi connectivity index (χ4n) is 2.14. The van der Waals surface area contributed by atoms with Gasteiger partial charge in [0.2, 0.25) is 0 Å². The van der Waals surface area contributed by atoms with Crippen LogP contribution in [0.3, 0.4) is 0 Å². The summed E-state index contributed by atoms with van der Waals surface area (Å²) in [6.45, 7) is 12.2. The lowest BCUT2D eigenvalue weighted by atomic mass is 9.79. The second-order valence-electron chi connectivity index (χ2n) is 6.67. The fourth-order valence-corrected chi connectivity index (χ4v) is 2.14. The van der Waals surface area contributed by atoms with Crippen LogP contribution >= 0.6 is 0 Å². The molecule has 0 unspecified atom stereocenters. The highest BCUT2D eigenvalue weighted by Gasteiger charge is 2.52. The van der Waals surface area contributed by atoms with Crippen molar-refractivity contribution in [2.24, 2.45) is 0 Å². The Bertz CT molecular complexity index is 538. The molecule has 0 aliphatic carbocycles. The summed E-state index contributed by atoms with van der Waals surface area (Å²) >= 11 is 0. The summed E-state index contributed by atoms with van der Waals surface area (Å²) in [5, 5.41) is 4.21. The second-order valence-corrected chi connectivity index (χ2v) is 6.67. The van der Waals surface area contributed by atoms with Crippen molar-refractivity contribution in [1.29, 1.82) is 0 Å². The smallest absolute Gasteiger partial charge is 0.448 e. The van der Waals surface area contributed by atoms with Gasteiger partial charge in [-0.15, -0.1) is 0 Å². The van der Waals surface area contributed by atoms with Gasteiger partial charge in [-0.25, -0.2) is 4.79 Å². The molecule has 0 bridgehead atoms. The normalized spacial score (nSPS) is 19.5. The van der Waals surface area contributed by atoms with E-state index >= 15 is 0 Å². The number of rotatable bonds is 4. The maximum atomic E-state index is 12.0. The number of unbranched alkanes of at least 4 members (excludes halogenated alkanes) is 1. The number of nitrogens with zero attached hydrogens (tertiary/aromatic N) is 2. The lowest BCUT2D eigenvalue weighted by molar-refractivity contribution is 0.00578. The van der Waals surface area contributed by atoms with E-state index in [0.29, 0.717) is 12.3 Å². The zero-order valence-electron chi connectivity index (χ0n) is 14.3. The van der Waals surface area contributed by atoms with E-state index in [1.807, 2.05) is 41.5 Å². The molecule has 0 saturated carbocycles. The zero-order chi connectivity index (χ0) is 16.5. The molecule has 1 aromatic heterocycles. The highest BCUT2D eigenvalue weighted by Crippen LogP contribution is 2.36. The van der Waals surface area contributed by atoms with Crippen molar-refractivity contribution >= 4 is 18.7 Å². The third-order valence-corrected chi connectivity index (χ3v) is 4.35. The van der Waals surface area contributed by atoms with E-state index in [1.165, 1.54) is 4.68 Å². The maximum Gasteiger partial charge on any atom is 0.498 e. The van der Waals surface area contributed by atoms with Gasteiger partial charge < -0.3 is 14.0 Å². The molecular formula is C15H25BN2O4. The van der Waals surface area contributed by atoms with Crippen molar-refractivity contribution < 1.29 is 18.8 Å². The van der Waals surface area contributed by atoms with Crippen molar-refractivity contribution in [1.82, 2.24) is 9.78 Å². The van der Waals surface area contributed by atoms with Crippen LogP contribution in [0.15, 0.2) is 6.20 Å². The van der Waals surface area contributed by atoms with Crippen LogP contribution in [-0.2, 0) is 14.0 Å². The maximum absolute atomic E-state index is 12.0. The number of hydrogen-bond donors (Lipinski definition) is 0. The Hall–Kier alpha value is -1.34. The highest BCUT2D eigenvalue weighted by atomic mass is 16.7. The first-order chi connectivity index (χ1) is 10.2. The van der Waals surface area contributed by atoms with E-state index < -0.39 is 24.4 Å². The Labute approximate surface area is 132 Å². The summed E-state index contributed by atoms with van der Waals surface area (Å²) in [7, 11) is -0.526. The number of aromatic nitrogens is 2. The lowest BCUT2D eigenvalue weighted by Crippen LogP contribution is -2.41. The first-order valence-electron chi connectivity index (χ1n) is 7.77. The molecule has 0 N–H and O–H groups in total. The molecule has 7 heteroatoms. The number of aryl methyl sites for hydroxylation is 1. The molecule has 0 aromatic carbocycles. The predicted octanol–water partition coefficient (Wildman–Crippen LogP) is 2.28. The number of hydrogen-bond acceptors (Lipinski definition) is 5. The standard InChI is InChI=1S/C15H25BN2O4/c1-7-8-9-20-13(19)18-10-12(11(2)17-18)16-21-14(3,4)15(5,6)22-16/h10H,7-9H2,1-6H3. The molecule has 2 heterocycles. The summed E-state index contributed by atoms with van der Waals surface area (Å²) in [5.74, 6) is 0. The molecule has 1 fully saturated rings. The highest BCUT2D eigenvalue weighted by molar-refractivity contribution is 6.62. The Morgan fingerprint density at radius 1 is 1.32 bits per heavy atom. The summed E-state index contributed by atoms with van der Waals surface area (Å²) in [6.07, 6.45) is 2.98. The second kappa shape index (κ2) is 6.04. The molecule has 0 spiro atoms. The SMILES string of the molecule is CCCCOC(=O)n1cc(B2OC(C)(C)C(C)(C)O2)c(C)n1. The van der Waals surface area contributed by atoms with Crippen LogP contribution in [0.2, 0.25) is 0 Å². The third kappa shape index (κ3) is 3.20. The topological polar surface area (TPSA) is 62.6 Å². The number of carbonyl (C=O) groups excluding carboxylic acids is 1. The van der Waals surface area contributed by atoms with Gasteiger partial charge in [0.1, 0.15) is 0 Å². The minimum Gasteiger partial charge on any atom is -0.448 e. The van der Waals surface area contributed by atoms with Gasteiger partial charge in [0, 0.05) is 11.7 Å². The van der Waals surface area contributed by atoms with Crippen molar-refractivity contribution in [3.63, 3.8) is 0 Å². The van der Waals surface area contributed by atoms with Crippen LogP contribution in [0.1, 0.15) is 53.2 Å². The number of ether oxygens (including phenoxy) is 1. The Balaban J connectivity index is 2.13. The molecule has 22 heavy (non-hydrogen) atoms. The molecule has 1 aliphatic rings. The van der Waals surface area contributed by atoms with Gasteiger partial charge in [-0.1, -0.05) is 13.3 Å². The van der Waals surface area contributed by atoms with Gasteiger partial charge in [-0.05, 0) is 41.0 Å². The predicted molar refractivity (Wildman–Crippen MR) is 84.3 cm³/mol. The first-order valence-corrected chi connectivity index (χ1v) is 7.77.